The first-order valence-corrected chi connectivity index (χ1v) is 6.03. The maximum Gasteiger partial charge on any atom is 0.229 e. The van der Waals surface area contributed by atoms with Crippen LogP contribution in [0.3, 0.4) is 0 Å². The summed E-state index contributed by atoms with van der Waals surface area (Å²) in [5.74, 6) is -0.940. The third kappa shape index (κ3) is 3.62. The summed E-state index contributed by atoms with van der Waals surface area (Å²) in [5.41, 5.74) is 0.534. The summed E-state index contributed by atoms with van der Waals surface area (Å²) in [5, 5.41) is 10.0. The summed E-state index contributed by atoms with van der Waals surface area (Å²) in [6.07, 6.45) is 1.16. The number of benzene rings is 1. The second-order valence-corrected chi connectivity index (χ2v) is 4.49. The second kappa shape index (κ2) is 5.95. The topological polar surface area (TPSA) is 54.9 Å². The van der Waals surface area contributed by atoms with Crippen molar-refractivity contribution in [3.05, 3.63) is 52.0 Å². The molecule has 0 fully saturated rings. The fourth-order valence-electron chi connectivity index (χ4n) is 1.48. The summed E-state index contributed by atoms with van der Waals surface area (Å²) >= 11 is 11.5. The van der Waals surface area contributed by atoms with E-state index < -0.39 is 11.7 Å². The van der Waals surface area contributed by atoms with Gasteiger partial charge in [0.05, 0.1) is 18.3 Å². The summed E-state index contributed by atoms with van der Waals surface area (Å²) in [4.78, 5) is 11.8. The van der Waals surface area contributed by atoms with Crippen LogP contribution in [0, 0.1) is 5.82 Å². The molecule has 2 rings (SSSR count). The standard InChI is InChI=1S/C12H8Cl2FN3O/c13-9-2-1-3-10(15)8(9)5-12(19)17-7-4-11(14)18-16-6-7/h1-4,6H,5H2,(H,17,18,19). The van der Waals surface area contributed by atoms with Gasteiger partial charge in [-0.2, -0.15) is 5.10 Å². The molecule has 1 N–H and O–H groups in total. The van der Waals surface area contributed by atoms with E-state index in [1.165, 1.54) is 30.5 Å². The van der Waals surface area contributed by atoms with E-state index in [4.69, 9.17) is 23.2 Å². The van der Waals surface area contributed by atoms with Crippen LogP contribution < -0.4 is 5.32 Å². The highest BCUT2D eigenvalue weighted by atomic mass is 35.5. The largest absolute Gasteiger partial charge is 0.324 e. The number of carbonyl (C=O) groups excluding carboxylic acids is 1. The lowest BCUT2D eigenvalue weighted by Crippen LogP contribution is -2.15. The smallest absolute Gasteiger partial charge is 0.229 e. The predicted octanol–water partition coefficient (Wildman–Crippen LogP) is 3.10. The van der Waals surface area contributed by atoms with Gasteiger partial charge in [0, 0.05) is 16.7 Å². The zero-order valence-electron chi connectivity index (χ0n) is 9.53. The quantitative estimate of drug-likeness (QED) is 0.947. The third-order valence-electron chi connectivity index (χ3n) is 2.31. The number of amides is 1. The SMILES string of the molecule is O=C(Cc1c(F)cccc1Cl)Nc1cnnc(Cl)c1. The van der Waals surface area contributed by atoms with Gasteiger partial charge in [-0.1, -0.05) is 29.3 Å². The highest BCUT2D eigenvalue weighted by molar-refractivity contribution is 6.31. The van der Waals surface area contributed by atoms with Gasteiger partial charge in [0.1, 0.15) is 5.82 Å². The molecule has 0 radical (unpaired) electrons. The molecule has 1 heterocycles. The Kier molecular flexibility index (Phi) is 4.29. The van der Waals surface area contributed by atoms with Crippen molar-refractivity contribution >= 4 is 34.8 Å². The zero-order valence-corrected chi connectivity index (χ0v) is 11.0. The van der Waals surface area contributed by atoms with Crippen LogP contribution in [0.2, 0.25) is 10.2 Å². The van der Waals surface area contributed by atoms with Crippen LogP contribution in [0.5, 0.6) is 0 Å². The second-order valence-electron chi connectivity index (χ2n) is 3.69. The monoisotopic (exact) mass is 299 g/mol. The molecule has 4 nitrogen and oxygen atoms in total. The number of rotatable bonds is 3. The molecule has 19 heavy (non-hydrogen) atoms. The number of nitrogens with zero attached hydrogens (tertiary/aromatic N) is 2. The molecule has 7 heteroatoms. The lowest BCUT2D eigenvalue weighted by Gasteiger charge is -2.07. The van der Waals surface area contributed by atoms with Crippen molar-refractivity contribution in [2.45, 2.75) is 6.42 Å². The van der Waals surface area contributed by atoms with Gasteiger partial charge in [-0.15, -0.1) is 5.10 Å². The van der Waals surface area contributed by atoms with Crippen LogP contribution in [-0.2, 0) is 11.2 Å². The Morgan fingerprint density at radius 2 is 2.16 bits per heavy atom. The van der Waals surface area contributed by atoms with Crippen molar-refractivity contribution in [3.8, 4) is 0 Å². The predicted molar refractivity (Wildman–Crippen MR) is 70.8 cm³/mol. The molecule has 0 atom stereocenters. The Morgan fingerprint density at radius 1 is 1.37 bits per heavy atom. The first-order chi connectivity index (χ1) is 9.06. The fraction of sp³-hybridized carbons (Fsp3) is 0.0833. The van der Waals surface area contributed by atoms with Crippen LogP contribution in [0.4, 0.5) is 10.1 Å². The number of nitrogens with one attached hydrogen (secondary N) is 1. The summed E-state index contributed by atoms with van der Waals surface area (Å²) in [6.45, 7) is 0. The number of hydrogen-bond acceptors (Lipinski definition) is 3. The number of anilines is 1. The van der Waals surface area contributed by atoms with Crippen molar-refractivity contribution < 1.29 is 9.18 Å². The molecule has 1 aromatic heterocycles. The van der Waals surface area contributed by atoms with Crippen LogP contribution in [0.15, 0.2) is 30.5 Å². The molecule has 0 aliphatic carbocycles. The van der Waals surface area contributed by atoms with Gasteiger partial charge in [-0.3, -0.25) is 4.79 Å². The van der Waals surface area contributed by atoms with E-state index >= 15 is 0 Å². The van der Waals surface area contributed by atoms with Gasteiger partial charge in [-0.05, 0) is 12.1 Å². The Hall–Kier alpha value is -1.72. The lowest BCUT2D eigenvalue weighted by atomic mass is 10.1. The number of aromatic nitrogens is 2. The van der Waals surface area contributed by atoms with Gasteiger partial charge in [0.15, 0.2) is 5.15 Å². The number of hydrogen-bond donors (Lipinski definition) is 1. The minimum absolute atomic E-state index is 0.148. The Bertz CT molecular complexity index is 601. The number of carbonyl (C=O) groups is 1. The highest BCUT2D eigenvalue weighted by Crippen LogP contribution is 2.20. The van der Waals surface area contributed by atoms with Crippen LogP contribution in [0.1, 0.15) is 5.56 Å². The molecular formula is C12H8Cl2FN3O. The summed E-state index contributed by atoms with van der Waals surface area (Å²) in [6, 6.07) is 5.69. The molecule has 0 aliphatic heterocycles. The molecule has 0 spiro atoms. The molecule has 0 unspecified atom stereocenters. The molecular weight excluding hydrogens is 292 g/mol. The van der Waals surface area contributed by atoms with Crippen LogP contribution >= 0.6 is 23.2 Å². The molecule has 0 bridgehead atoms. The minimum Gasteiger partial charge on any atom is -0.324 e. The van der Waals surface area contributed by atoms with E-state index in [1.807, 2.05) is 0 Å². The maximum absolute atomic E-state index is 13.5. The fourth-order valence-corrected chi connectivity index (χ4v) is 1.87. The molecule has 2 aromatic rings. The molecule has 1 amide bonds. The first kappa shape index (κ1) is 13.7. The summed E-state index contributed by atoms with van der Waals surface area (Å²) < 4.78 is 13.5. The van der Waals surface area contributed by atoms with Gasteiger partial charge in [0.25, 0.3) is 0 Å². The van der Waals surface area contributed by atoms with E-state index in [2.05, 4.69) is 15.5 Å². The average Bonchev–Trinajstić information content (AvgIpc) is 2.34. The Balaban J connectivity index is 2.10. The third-order valence-corrected chi connectivity index (χ3v) is 2.85. The Labute approximate surface area is 118 Å². The minimum atomic E-state index is -0.520. The van der Waals surface area contributed by atoms with Crippen LogP contribution in [-0.4, -0.2) is 16.1 Å². The Morgan fingerprint density at radius 3 is 2.84 bits per heavy atom. The molecule has 1 aromatic carbocycles. The van der Waals surface area contributed by atoms with Crippen LogP contribution in [0.25, 0.3) is 0 Å². The number of halogens is 3. The van der Waals surface area contributed by atoms with E-state index in [-0.39, 0.29) is 22.2 Å². The molecule has 98 valence electrons. The van der Waals surface area contributed by atoms with Crippen molar-refractivity contribution in [1.82, 2.24) is 10.2 Å². The van der Waals surface area contributed by atoms with E-state index in [1.54, 1.807) is 0 Å². The molecule has 0 saturated heterocycles. The molecule has 0 aliphatic rings. The van der Waals surface area contributed by atoms with E-state index in [0.717, 1.165) is 0 Å². The normalized spacial score (nSPS) is 10.3. The van der Waals surface area contributed by atoms with E-state index in [9.17, 15) is 9.18 Å². The maximum atomic E-state index is 13.5. The lowest BCUT2D eigenvalue weighted by molar-refractivity contribution is -0.115. The van der Waals surface area contributed by atoms with Gasteiger partial charge < -0.3 is 5.32 Å². The zero-order chi connectivity index (χ0) is 13.8. The van der Waals surface area contributed by atoms with Gasteiger partial charge in [0.2, 0.25) is 5.91 Å². The average molecular weight is 300 g/mol. The van der Waals surface area contributed by atoms with E-state index in [0.29, 0.717) is 5.69 Å². The van der Waals surface area contributed by atoms with Crippen molar-refractivity contribution in [2.75, 3.05) is 5.32 Å². The first-order valence-electron chi connectivity index (χ1n) is 5.27. The molecule has 0 saturated carbocycles. The van der Waals surface area contributed by atoms with Crippen molar-refractivity contribution in [2.24, 2.45) is 0 Å². The highest BCUT2D eigenvalue weighted by Gasteiger charge is 2.12. The van der Waals surface area contributed by atoms with Crippen molar-refractivity contribution in [1.29, 1.82) is 0 Å². The van der Waals surface area contributed by atoms with Gasteiger partial charge >= 0.3 is 0 Å². The van der Waals surface area contributed by atoms with Crippen molar-refractivity contribution in [3.63, 3.8) is 0 Å². The summed E-state index contributed by atoms with van der Waals surface area (Å²) in [7, 11) is 0. The van der Waals surface area contributed by atoms with Gasteiger partial charge in [-0.25, -0.2) is 4.39 Å².